The number of anilines is 1. The van der Waals surface area contributed by atoms with Gasteiger partial charge in [0.05, 0.1) is 11.9 Å². The van der Waals surface area contributed by atoms with E-state index < -0.39 is 0 Å². The topological polar surface area (TPSA) is 32.7 Å². The van der Waals surface area contributed by atoms with E-state index in [1.54, 1.807) is 18.3 Å². The van der Waals surface area contributed by atoms with Gasteiger partial charge in [-0.15, -0.1) is 0 Å². The van der Waals surface area contributed by atoms with Gasteiger partial charge in [-0.25, -0.2) is 5.01 Å². The molecule has 0 aliphatic rings. The van der Waals surface area contributed by atoms with E-state index in [2.05, 4.69) is 11.2 Å². The molecule has 0 spiro atoms. The molecule has 0 N–H and O–H groups in total. The van der Waals surface area contributed by atoms with Crippen molar-refractivity contribution in [1.82, 2.24) is 0 Å². The van der Waals surface area contributed by atoms with Gasteiger partial charge in [0, 0.05) is 61.0 Å². The molecule has 0 atom stereocenters. The van der Waals surface area contributed by atoms with Gasteiger partial charge in [0.15, 0.2) is 0 Å². The Morgan fingerprint density at radius 1 is 1.07 bits per heavy atom. The summed E-state index contributed by atoms with van der Waals surface area (Å²) in [5.74, 6) is -0.235. The summed E-state index contributed by atoms with van der Waals surface area (Å²) >= 11 is 12.9. The molecule has 0 saturated carbocycles. The number of carbonyl (C=O) groups excluding carboxylic acids is 1. The molecular weight excluding hydrogens is 606 g/mol. The molecule has 0 aromatic heterocycles. The van der Waals surface area contributed by atoms with E-state index in [9.17, 15) is 4.79 Å². The van der Waals surface area contributed by atoms with Crippen molar-refractivity contribution in [3.8, 4) is 0 Å². The SMILES string of the molecule is CC(=O)N(/N=C/c1ccccc1)c1cc(Cl)c(Cc2cc[c-]cc2)c(Cl)c1.[Ac]. The van der Waals surface area contributed by atoms with Crippen molar-refractivity contribution in [1.29, 1.82) is 0 Å². The van der Waals surface area contributed by atoms with Crippen molar-refractivity contribution in [3.05, 3.63) is 99.5 Å². The Balaban J connectivity index is 0.00000280. The molecule has 3 nitrogen and oxygen atoms in total. The van der Waals surface area contributed by atoms with Gasteiger partial charge in [0.1, 0.15) is 0 Å². The average molecular weight is 623 g/mol. The number of hydrogen-bond acceptors (Lipinski definition) is 2. The van der Waals surface area contributed by atoms with Crippen molar-refractivity contribution in [2.75, 3.05) is 5.01 Å². The van der Waals surface area contributed by atoms with Crippen molar-refractivity contribution < 1.29 is 48.9 Å². The minimum absolute atomic E-state index is 0. The molecule has 0 aliphatic heterocycles. The Hall–Kier alpha value is -1.18. The van der Waals surface area contributed by atoms with Crippen LogP contribution in [0.1, 0.15) is 23.6 Å². The number of halogens is 2. The monoisotopic (exact) mass is 622 g/mol. The largest absolute Gasteiger partial charge is 0.273 e. The molecule has 0 fully saturated rings. The summed E-state index contributed by atoms with van der Waals surface area (Å²) in [4.78, 5) is 12.1. The van der Waals surface area contributed by atoms with Gasteiger partial charge in [-0.05, 0) is 29.7 Å². The van der Waals surface area contributed by atoms with E-state index in [1.807, 2.05) is 54.6 Å². The smallest absolute Gasteiger partial charge is 0.244 e. The number of benzene rings is 3. The summed E-state index contributed by atoms with van der Waals surface area (Å²) in [5, 5.41) is 6.56. The van der Waals surface area contributed by atoms with Crippen LogP contribution in [0.5, 0.6) is 0 Å². The van der Waals surface area contributed by atoms with Gasteiger partial charge in [-0.2, -0.15) is 41.0 Å². The van der Waals surface area contributed by atoms with Crippen LogP contribution in [-0.4, -0.2) is 12.1 Å². The Morgan fingerprint density at radius 2 is 1.68 bits per heavy atom. The van der Waals surface area contributed by atoms with Gasteiger partial charge in [-0.1, -0.05) is 53.5 Å². The van der Waals surface area contributed by atoms with E-state index in [4.69, 9.17) is 23.2 Å². The third-order valence-electron chi connectivity index (χ3n) is 3.96. The first-order valence-electron chi connectivity index (χ1n) is 8.37. The number of amides is 1. The standard InChI is InChI=1S/C22H17Cl2N2O.Ac/c1-16(27)26(25-15-18-10-6-3-7-11-18)19-13-21(23)20(22(24)14-19)12-17-8-4-2-5-9-17;/h3-11,13-15H,12H2,1H3;/q-1;/b25-15+;. The summed E-state index contributed by atoms with van der Waals surface area (Å²) < 4.78 is 0. The second-order valence-corrected chi connectivity index (χ2v) is 6.77. The number of hydrogen-bond donors (Lipinski definition) is 0. The molecule has 0 heterocycles. The van der Waals surface area contributed by atoms with Gasteiger partial charge in [-0.3, -0.25) is 4.79 Å². The van der Waals surface area contributed by atoms with Crippen LogP contribution in [-0.2, 0) is 11.2 Å². The molecule has 1 radical (unpaired) electrons. The van der Waals surface area contributed by atoms with Crippen molar-refractivity contribution in [2.45, 2.75) is 13.3 Å². The Labute approximate surface area is 210 Å². The predicted molar refractivity (Wildman–Crippen MR) is 112 cm³/mol. The van der Waals surface area contributed by atoms with Crippen molar-refractivity contribution >= 4 is 41.0 Å². The van der Waals surface area contributed by atoms with E-state index in [-0.39, 0.29) is 50.0 Å². The van der Waals surface area contributed by atoms with Crippen molar-refractivity contribution in [2.24, 2.45) is 5.10 Å². The number of carbonyl (C=O) groups is 1. The maximum atomic E-state index is 12.1. The van der Waals surface area contributed by atoms with Crippen molar-refractivity contribution in [3.63, 3.8) is 0 Å². The van der Waals surface area contributed by atoms with Crippen LogP contribution >= 0.6 is 23.2 Å². The van der Waals surface area contributed by atoms with Gasteiger partial charge in [0.2, 0.25) is 5.91 Å². The average Bonchev–Trinajstić information content (AvgIpc) is 2.66. The fourth-order valence-electron chi connectivity index (χ4n) is 2.62. The van der Waals surface area contributed by atoms with Crippen LogP contribution in [0.3, 0.4) is 0 Å². The third-order valence-corrected chi connectivity index (χ3v) is 4.63. The third kappa shape index (κ3) is 6.16. The van der Waals surface area contributed by atoms with Gasteiger partial charge in [0.25, 0.3) is 0 Å². The molecule has 139 valence electrons. The Kier molecular flexibility index (Phi) is 9.18. The van der Waals surface area contributed by atoms with Crippen LogP contribution in [0.2, 0.25) is 10.0 Å². The predicted octanol–water partition coefficient (Wildman–Crippen LogP) is 5.77. The molecular formula is C22H17AcCl2N2O-. The molecule has 3 rings (SSSR count). The molecule has 3 aromatic carbocycles. The van der Waals surface area contributed by atoms with Crippen LogP contribution in [0, 0.1) is 50.1 Å². The van der Waals surface area contributed by atoms with E-state index in [0.717, 1.165) is 16.7 Å². The van der Waals surface area contributed by atoms with Gasteiger partial charge >= 0.3 is 0 Å². The first-order chi connectivity index (χ1) is 13.0. The van der Waals surface area contributed by atoms with Crippen LogP contribution in [0.15, 0.2) is 71.8 Å². The summed E-state index contributed by atoms with van der Waals surface area (Å²) in [6, 6.07) is 23.6. The van der Waals surface area contributed by atoms with Gasteiger partial charge < -0.3 is 0 Å². The molecule has 3 aromatic rings. The summed E-state index contributed by atoms with van der Waals surface area (Å²) in [6.07, 6.45) is 2.22. The normalized spacial score (nSPS) is 10.5. The zero-order chi connectivity index (χ0) is 19.2. The Bertz CT molecular complexity index is 940. The zero-order valence-corrected chi connectivity index (χ0v) is 21.5. The molecule has 0 saturated heterocycles. The summed E-state index contributed by atoms with van der Waals surface area (Å²) in [7, 11) is 0. The molecule has 6 heteroatoms. The minimum Gasteiger partial charge on any atom is -0.273 e. The van der Waals surface area contributed by atoms with Crippen LogP contribution in [0.25, 0.3) is 0 Å². The molecule has 0 bridgehead atoms. The second-order valence-electron chi connectivity index (χ2n) is 5.96. The van der Waals surface area contributed by atoms with Crippen LogP contribution in [0.4, 0.5) is 5.69 Å². The molecule has 0 unspecified atom stereocenters. The minimum atomic E-state index is -0.235. The number of hydrazone groups is 1. The fourth-order valence-corrected chi connectivity index (χ4v) is 3.23. The first kappa shape index (κ1) is 23.1. The maximum absolute atomic E-state index is 12.1. The van der Waals surface area contributed by atoms with E-state index in [1.165, 1.54) is 11.9 Å². The summed E-state index contributed by atoms with van der Waals surface area (Å²) in [5.41, 5.74) is 3.30. The number of rotatable bonds is 5. The van der Waals surface area contributed by atoms with Crippen LogP contribution < -0.4 is 5.01 Å². The number of nitrogens with zero attached hydrogens (tertiary/aromatic N) is 2. The maximum Gasteiger partial charge on any atom is 0.244 e. The van der Waals surface area contributed by atoms with E-state index >= 15 is 0 Å². The van der Waals surface area contributed by atoms with E-state index in [0.29, 0.717) is 22.2 Å². The Morgan fingerprint density at radius 3 is 2.25 bits per heavy atom. The fraction of sp³-hybridized carbons (Fsp3) is 0.0909. The second kappa shape index (κ2) is 11.1. The quantitative estimate of drug-likeness (QED) is 0.202. The molecule has 0 aliphatic carbocycles. The first-order valence-corrected chi connectivity index (χ1v) is 9.13. The summed E-state index contributed by atoms with van der Waals surface area (Å²) in [6.45, 7) is 1.44. The zero-order valence-electron chi connectivity index (χ0n) is 15.3. The molecule has 28 heavy (non-hydrogen) atoms. The molecule has 1 amide bonds.